The smallest absolute Gasteiger partial charge is 0.121 e. The molecule has 2 aliphatic rings. The second kappa shape index (κ2) is 6.37. The monoisotopic (exact) mass is 288 g/mol. The first kappa shape index (κ1) is 14.9. The standard InChI is InChI=1S/C18H28N2O/c1-13-9-16(10-14(2)18(13)21)12-20-7-5-17(6-8-20)19-11-15-3-4-15/h9-10,15,17,19,21H,3-8,11-12H2,1-2H3. The van der Waals surface area contributed by atoms with Crippen molar-refractivity contribution in [1.82, 2.24) is 10.2 Å². The molecule has 1 aromatic rings. The molecule has 0 amide bonds. The number of nitrogens with one attached hydrogen (secondary N) is 1. The van der Waals surface area contributed by atoms with Crippen LogP contribution in [0.3, 0.4) is 0 Å². The highest BCUT2D eigenvalue weighted by molar-refractivity contribution is 5.42. The lowest BCUT2D eigenvalue weighted by molar-refractivity contribution is 0.190. The summed E-state index contributed by atoms with van der Waals surface area (Å²) in [6.07, 6.45) is 5.41. The lowest BCUT2D eigenvalue weighted by atomic mass is 10.0. The van der Waals surface area contributed by atoms with Gasteiger partial charge in [0.05, 0.1) is 0 Å². The van der Waals surface area contributed by atoms with E-state index in [0.717, 1.165) is 29.6 Å². The highest BCUT2D eigenvalue weighted by atomic mass is 16.3. The molecule has 1 aromatic carbocycles. The van der Waals surface area contributed by atoms with Gasteiger partial charge in [-0.1, -0.05) is 12.1 Å². The van der Waals surface area contributed by atoms with Gasteiger partial charge in [0.2, 0.25) is 0 Å². The largest absolute Gasteiger partial charge is 0.507 e. The van der Waals surface area contributed by atoms with Gasteiger partial charge in [0.25, 0.3) is 0 Å². The molecule has 3 rings (SSSR count). The fourth-order valence-electron chi connectivity index (χ4n) is 3.35. The first-order valence-corrected chi connectivity index (χ1v) is 8.36. The van der Waals surface area contributed by atoms with Crippen LogP contribution in [0.15, 0.2) is 12.1 Å². The summed E-state index contributed by atoms with van der Waals surface area (Å²) in [6, 6.07) is 4.98. The molecule has 1 aliphatic heterocycles. The zero-order chi connectivity index (χ0) is 14.8. The molecule has 0 radical (unpaired) electrons. The Morgan fingerprint density at radius 2 is 1.71 bits per heavy atom. The van der Waals surface area contributed by atoms with Crippen molar-refractivity contribution in [1.29, 1.82) is 0 Å². The number of nitrogens with zero attached hydrogens (tertiary/aromatic N) is 1. The molecule has 0 atom stereocenters. The summed E-state index contributed by atoms with van der Waals surface area (Å²) < 4.78 is 0. The van der Waals surface area contributed by atoms with Crippen molar-refractivity contribution in [3.8, 4) is 5.75 Å². The average Bonchev–Trinajstić information content (AvgIpc) is 3.28. The van der Waals surface area contributed by atoms with Crippen molar-refractivity contribution in [3.05, 3.63) is 28.8 Å². The van der Waals surface area contributed by atoms with Crippen molar-refractivity contribution in [3.63, 3.8) is 0 Å². The Bertz CT molecular complexity index is 465. The molecular weight excluding hydrogens is 260 g/mol. The van der Waals surface area contributed by atoms with Crippen LogP contribution in [0.1, 0.15) is 42.4 Å². The van der Waals surface area contributed by atoms with Gasteiger partial charge in [0.15, 0.2) is 0 Å². The van der Waals surface area contributed by atoms with Gasteiger partial charge < -0.3 is 10.4 Å². The summed E-state index contributed by atoms with van der Waals surface area (Å²) >= 11 is 0. The van der Waals surface area contributed by atoms with E-state index in [-0.39, 0.29) is 0 Å². The molecule has 116 valence electrons. The fourth-order valence-corrected chi connectivity index (χ4v) is 3.35. The normalized spacial score (nSPS) is 20.9. The summed E-state index contributed by atoms with van der Waals surface area (Å²) in [5.41, 5.74) is 3.31. The van der Waals surface area contributed by atoms with Gasteiger partial charge in [0.1, 0.15) is 5.75 Å². The number of aryl methyl sites for hydroxylation is 2. The minimum absolute atomic E-state index is 0.446. The van der Waals surface area contributed by atoms with E-state index in [9.17, 15) is 5.11 Å². The maximum atomic E-state index is 9.86. The van der Waals surface area contributed by atoms with Crippen molar-refractivity contribution >= 4 is 0 Å². The number of phenols is 1. The van der Waals surface area contributed by atoms with E-state index < -0.39 is 0 Å². The number of phenolic OH excluding ortho intramolecular Hbond substituents is 1. The molecule has 0 spiro atoms. The molecule has 0 bridgehead atoms. The summed E-state index contributed by atoms with van der Waals surface area (Å²) in [5, 5.41) is 13.6. The van der Waals surface area contributed by atoms with Crippen molar-refractivity contribution in [2.45, 2.75) is 52.1 Å². The third-order valence-electron chi connectivity index (χ3n) is 4.94. The van der Waals surface area contributed by atoms with E-state index in [4.69, 9.17) is 0 Å². The number of rotatable bonds is 5. The van der Waals surface area contributed by atoms with Gasteiger partial charge in [0, 0.05) is 12.6 Å². The number of benzene rings is 1. The first-order chi connectivity index (χ1) is 10.1. The molecule has 0 unspecified atom stereocenters. The van der Waals surface area contributed by atoms with E-state index in [1.54, 1.807) is 0 Å². The van der Waals surface area contributed by atoms with Crippen LogP contribution in [0.2, 0.25) is 0 Å². The van der Waals surface area contributed by atoms with Gasteiger partial charge in [-0.25, -0.2) is 0 Å². The quantitative estimate of drug-likeness (QED) is 0.874. The molecule has 1 saturated carbocycles. The van der Waals surface area contributed by atoms with Gasteiger partial charge in [-0.2, -0.15) is 0 Å². The number of likely N-dealkylation sites (tertiary alicyclic amines) is 1. The van der Waals surface area contributed by atoms with Crippen LogP contribution >= 0.6 is 0 Å². The van der Waals surface area contributed by atoms with Crippen molar-refractivity contribution in [2.24, 2.45) is 5.92 Å². The maximum absolute atomic E-state index is 9.86. The Morgan fingerprint density at radius 1 is 1.10 bits per heavy atom. The zero-order valence-electron chi connectivity index (χ0n) is 13.4. The molecule has 1 heterocycles. The molecule has 0 aromatic heterocycles. The second-order valence-electron chi connectivity index (χ2n) is 6.98. The van der Waals surface area contributed by atoms with Crippen LogP contribution in [0.25, 0.3) is 0 Å². The van der Waals surface area contributed by atoms with E-state index in [1.165, 1.54) is 50.9 Å². The maximum Gasteiger partial charge on any atom is 0.121 e. The van der Waals surface area contributed by atoms with E-state index in [0.29, 0.717) is 5.75 Å². The number of hydrogen-bond acceptors (Lipinski definition) is 3. The van der Waals surface area contributed by atoms with Crippen LogP contribution in [-0.2, 0) is 6.54 Å². The van der Waals surface area contributed by atoms with Crippen molar-refractivity contribution < 1.29 is 5.11 Å². The highest BCUT2D eigenvalue weighted by Gasteiger charge is 2.24. The molecule has 1 aliphatic carbocycles. The van der Waals surface area contributed by atoms with E-state index >= 15 is 0 Å². The van der Waals surface area contributed by atoms with Gasteiger partial charge in [-0.3, -0.25) is 4.90 Å². The summed E-state index contributed by atoms with van der Waals surface area (Å²) in [7, 11) is 0. The molecular formula is C18H28N2O. The van der Waals surface area contributed by atoms with E-state index in [1.807, 2.05) is 13.8 Å². The van der Waals surface area contributed by atoms with Crippen molar-refractivity contribution in [2.75, 3.05) is 19.6 Å². The lowest BCUT2D eigenvalue weighted by Gasteiger charge is -2.32. The second-order valence-corrected chi connectivity index (χ2v) is 6.98. The van der Waals surface area contributed by atoms with Gasteiger partial charge in [-0.05, 0) is 81.8 Å². The number of piperidine rings is 1. The fraction of sp³-hybridized carbons (Fsp3) is 0.667. The Kier molecular flexibility index (Phi) is 4.51. The summed E-state index contributed by atoms with van der Waals surface area (Å²) in [5.74, 6) is 1.42. The van der Waals surface area contributed by atoms with Gasteiger partial charge >= 0.3 is 0 Å². The molecule has 2 N–H and O–H groups in total. The molecule has 1 saturated heterocycles. The average molecular weight is 288 g/mol. The summed E-state index contributed by atoms with van der Waals surface area (Å²) in [4.78, 5) is 2.54. The molecule has 2 fully saturated rings. The third kappa shape index (κ3) is 3.98. The number of hydrogen-bond donors (Lipinski definition) is 2. The minimum atomic E-state index is 0.446. The molecule has 3 nitrogen and oxygen atoms in total. The predicted octanol–water partition coefficient (Wildman–Crippen LogP) is 2.97. The minimum Gasteiger partial charge on any atom is -0.507 e. The Morgan fingerprint density at radius 3 is 2.29 bits per heavy atom. The third-order valence-corrected chi connectivity index (χ3v) is 4.94. The Balaban J connectivity index is 1.48. The topological polar surface area (TPSA) is 35.5 Å². The lowest BCUT2D eigenvalue weighted by Crippen LogP contribution is -2.42. The first-order valence-electron chi connectivity index (χ1n) is 8.36. The van der Waals surface area contributed by atoms with Gasteiger partial charge in [-0.15, -0.1) is 0 Å². The Labute approximate surface area is 128 Å². The van der Waals surface area contributed by atoms with E-state index in [2.05, 4.69) is 22.3 Å². The van der Waals surface area contributed by atoms with Crippen LogP contribution in [0.5, 0.6) is 5.75 Å². The molecule has 21 heavy (non-hydrogen) atoms. The highest BCUT2D eigenvalue weighted by Crippen LogP contribution is 2.28. The van der Waals surface area contributed by atoms with Crippen LogP contribution in [-0.4, -0.2) is 35.7 Å². The molecule has 3 heteroatoms. The zero-order valence-corrected chi connectivity index (χ0v) is 13.4. The Hall–Kier alpha value is -1.06. The van der Waals surface area contributed by atoms with Crippen LogP contribution in [0, 0.1) is 19.8 Å². The summed E-state index contributed by atoms with van der Waals surface area (Å²) in [6.45, 7) is 8.58. The predicted molar refractivity (Wildman–Crippen MR) is 86.6 cm³/mol. The SMILES string of the molecule is Cc1cc(CN2CCC(NCC3CC3)CC2)cc(C)c1O. The van der Waals surface area contributed by atoms with Crippen LogP contribution < -0.4 is 5.32 Å². The number of aromatic hydroxyl groups is 1. The van der Waals surface area contributed by atoms with Crippen LogP contribution in [0.4, 0.5) is 0 Å².